The van der Waals surface area contributed by atoms with Gasteiger partial charge in [-0.2, -0.15) is 0 Å². The third-order valence-electron chi connectivity index (χ3n) is 2.84. The summed E-state index contributed by atoms with van der Waals surface area (Å²) < 4.78 is 22.0. The standard InChI is InChI=1S/C10H17NO4S/c1-11(10(13)7-16(2,14)15)8-3-5-9(12)6-4-8/h8H,3-7H2,1-2H3. The first-order valence-electron chi connectivity index (χ1n) is 5.24. The van der Waals surface area contributed by atoms with Crippen molar-refractivity contribution in [1.29, 1.82) is 0 Å². The van der Waals surface area contributed by atoms with Crippen LogP contribution in [0.5, 0.6) is 0 Å². The number of carbonyl (C=O) groups is 2. The van der Waals surface area contributed by atoms with Crippen molar-refractivity contribution in [3.05, 3.63) is 0 Å². The minimum atomic E-state index is -3.28. The molecule has 0 aromatic rings. The van der Waals surface area contributed by atoms with Crippen LogP contribution < -0.4 is 0 Å². The van der Waals surface area contributed by atoms with Crippen molar-refractivity contribution in [1.82, 2.24) is 4.90 Å². The number of hydrogen-bond acceptors (Lipinski definition) is 4. The highest BCUT2D eigenvalue weighted by Crippen LogP contribution is 2.19. The lowest BCUT2D eigenvalue weighted by Gasteiger charge is -2.30. The number of sulfone groups is 1. The maximum atomic E-state index is 11.6. The summed E-state index contributed by atoms with van der Waals surface area (Å²) in [6.07, 6.45) is 3.31. The Morgan fingerprint density at radius 3 is 2.31 bits per heavy atom. The zero-order valence-electron chi connectivity index (χ0n) is 9.60. The number of ketones is 1. The topological polar surface area (TPSA) is 71.5 Å². The molecule has 0 N–H and O–H groups in total. The molecule has 0 heterocycles. The Kier molecular flexibility index (Phi) is 4.07. The van der Waals surface area contributed by atoms with Crippen molar-refractivity contribution < 1.29 is 18.0 Å². The molecule has 0 aromatic heterocycles. The largest absolute Gasteiger partial charge is 0.342 e. The second-order valence-corrected chi connectivity index (χ2v) is 6.48. The van der Waals surface area contributed by atoms with Gasteiger partial charge < -0.3 is 4.90 Å². The van der Waals surface area contributed by atoms with Gasteiger partial charge in [0.2, 0.25) is 5.91 Å². The molecule has 0 spiro atoms. The lowest BCUT2D eigenvalue weighted by molar-refractivity contribution is -0.131. The first-order chi connectivity index (χ1) is 7.29. The second kappa shape index (κ2) is 4.95. The van der Waals surface area contributed by atoms with Crippen molar-refractivity contribution >= 4 is 21.5 Å². The maximum Gasteiger partial charge on any atom is 0.237 e. The minimum Gasteiger partial charge on any atom is -0.342 e. The van der Waals surface area contributed by atoms with Gasteiger partial charge in [-0.15, -0.1) is 0 Å². The Labute approximate surface area is 95.7 Å². The molecular formula is C10H17NO4S. The Hall–Kier alpha value is -0.910. The van der Waals surface area contributed by atoms with Gasteiger partial charge in [0.1, 0.15) is 11.5 Å². The fraction of sp³-hybridized carbons (Fsp3) is 0.800. The Morgan fingerprint density at radius 1 is 1.38 bits per heavy atom. The average Bonchev–Trinajstić information content (AvgIpc) is 2.15. The van der Waals surface area contributed by atoms with E-state index in [2.05, 4.69) is 0 Å². The van der Waals surface area contributed by atoms with Crippen LogP contribution >= 0.6 is 0 Å². The van der Waals surface area contributed by atoms with Crippen LogP contribution in [-0.4, -0.2) is 50.1 Å². The van der Waals surface area contributed by atoms with Gasteiger partial charge in [-0.3, -0.25) is 9.59 Å². The third kappa shape index (κ3) is 3.92. The fourth-order valence-electron chi connectivity index (χ4n) is 1.84. The highest BCUT2D eigenvalue weighted by Gasteiger charge is 2.26. The summed E-state index contributed by atoms with van der Waals surface area (Å²) in [5.41, 5.74) is 0. The van der Waals surface area contributed by atoms with Gasteiger partial charge in [0.25, 0.3) is 0 Å². The van der Waals surface area contributed by atoms with E-state index in [0.29, 0.717) is 25.7 Å². The van der Waals surface area contributed by atoms with Crippen molar-refractivity contribution in [2.45, 2.75) is 31.7 Å². The molecule has 92 valence electrons. The van der Waals surface area contributed by atoms with E-state index in [-0.39, 0.29) is 17.7 Å². The SMILES string of the molecule is CN(C(=O)CS(C)(=O)=O)C1CCC(=O)CC1. The van der Waals surface area contributed by atoms with Gasteiger partial charge >= 0.3 is 0 Å². The van der Waals surface area contributed by atoms with Gasteiger partial charge in [0, 0.05) is 32.2 Å². The normalized spacial score (nSPS) is 18.5. The van der Waals surface area contributed by atoms with Crippen LogP contribution in [-0.2, 0) is 19.4 Å². The molecule has 1 aliphatic carbocycles. The summed E-state index contributed by atoms with van der Waals surface area (Å²) in [7, 11) is -1.67. The van der Waals surface area contributed by atoms with E-state index in [4.69, 9.17) is 0 Å². The summed E-state index contributed by atoms with van der Waals surface area (Å²) >= 11 is 0. The first kappa shape index (κ1) is 13.2. The summed E-state index contributed by atoms with van der Waals surface area (Å²) in [4.78, 5) is 24.1. The molecule has 6 heteroatoms. The van der Waals surface area contributed by atoms with Crippen molar-refractivity contribution in [3.8, 4) is 0 Å². The van der Waals surface area contributed by atoms with Crippen LogP contribution in [0.2, 0.25) is 0 Å². The molecule has 16 heavy (non-hydrogen) atoms. The van der Waals surface area contributed by atoms with E-state index in [1.54, 1.807) is 7.05 Å². The summed E-state index contributed by atoms with van der Waals surface area (Å²) in [5, 5.41) is 0. The van der Waals surface area contributed by atoms with E-state index in [0.717, 1.165) is 6.26 Å². The first-order valence-corrected chi connectivity index (χ1v) is 7.31. The third-order valence-corrected chi connectivity index (χ3v) is 3.61. The lowest BCUT2D eigenvalue weighted by atomic mass is 9.93. The van der Waals surface area contributed by atoms with Gasteiger partial charge in [-0.1, -0.05) is 0 Å². The molecule has 1 rings (SSSR count). The zero-order valence-corrected chi connectivity index (χ0v) is 10.4. The Morgan fingerprint density at radius 2 is 1.88 bits per heavy atom. The fourth-order valence-corrected chi connectivity index (χ4v) is 2.49. The number of rotatable bonds is 3. The highest BCUT2D eigenvalue weighted by molar-refractivity contribution is 7.91. The Balaban J connectivity index is 2.54. The second-order valence-electron chi connectivity index (χ2n) is 4.34. The molecule has 0 saturated heterocycles. The molecule has 5 nitrogen and oxygen atoms in total. The number of nitrogens with zero attached hydrogens (tertiary/aromatic N) is 1. The van der Waals surface area contributed by atoms with Crippen molar-refractivity contribution in [2.75, 3.05) is 19.1 Å². The molecule has 0 radical (unpaired) electrons. The van der Waals surface area contributed by atoms with Crippen LogP contribution in [0.4, 0.5) is 0 Å². The van der Waals surface area contributed by atoms with Crippen molar-refractivity contribution in [3.63, 3.8) is 0 Å². The van der Waals surface area contributed by atoms with Gasteiger partial charge in [0.15, 0.2) is 9.84 Å². The van der Waals surface area contributed by atoms with E-state index in [1.807, 2.05) is 0 Å². The zero-order chi connectivity index (χ0) is 12.3. The maximum absolute atomic E-state index is 11.6. The molecular weight excluding hydrogens is 230 g/mol. The number of amides is 1. The van der Waals surface area contributed by atoms with E-state index >= 15 is 0 Å². The summed E-state index contributed by atoms with van der Waals surface area (Å²) in [5.74, 6) is -0.615. The predicted octanol–water partition coefficient (Wildman–Crippen LogP) is 0.00110. The van der Waals surface area contributed by atoms with Gasteiger partial charge in [-0.25, -0.2) is 8.42 Å². The molecule has 0 aromatic carbocycles. The molecule has 0 bridgehead atoms. The number of carbonyl (C=O) groups excluding carboxylic acids is 2. The molecule has 0 atom stereocenters. The average molecular weight is 247 g/mol. The Bertz CT molecular complexity index is 378. The molecule has 0 unspecified atom stereocenters. The van der Waals surface area contributed by atoms with Crippen LogP contribution in [0.25, 0.3) is 0 Å². The summed E-state index contributed by atoms with van der Waals surface area (Å²) in [6, 6.07) is 0.00644. The van der Waals surface area contributed by atoms with E-state index < -0.39 is 15.6 Å². The predicted molar refractivity (Wildman–Crippen MR) is 59.7 cm³/mol. The summed E-state index contributed by atoms with van der Waals surface area (Å²) in [6.45, 7) is 0. The number of hydrogen-bond donors (Lipinski definition) is 0. The van der Waals surface area contributed by atoms with E-state index in [1.165, 1.54) is 4.90 Å². The number of Topliss-reactive ketones (excluding diaryl/α,β-unsaturated/α-hetero) is 1. The van der Waals surface area contributed by atoms with Crippen LogP contribution in [0.3, 0.4) is 0 Å². The monoisotopic (exact) mass is 247 g/mol. The van der Waals surface area contributed by atoms with Crippen molar-refractivity contribution in [2.24, 2.45) is 0 Å². The van der Waals surface area contributed by atoms with Gasteiger partial charge in [0.05, 0.1) is 0 Å². The lowest BCUT2D eigenvalue weighted by Crippen LogP contribution is -2.42. The van der Waals surface area contributed by atoms with E-state index in [9.17, 15) is 18.0 Å². The van der Waals surface area contributed by atoms with Crippen LogP contribution in [0.1, 0.15) is 25.7 Å². The molecule has 1 saturated carbocycles. The van der Waals surface area contributed by atoms with Crippen LogP contribution in [0, 0.1) is 0 Å². The van der Waals surface area contributed by atoms with Crippen LogP contribution in [0.15, 0.2) is 0 Å². The molecule has 1 amide bonds. The molecule has 1 fully saturated rings. The highest BCUT2D eigenvalue weighted by atomic mass is 32.2. The quantitative estimate of drug-likeness (QED) is 0.704. The van der Waals surface area contributed by atoms with Gasteiger partial charge in [-0.05, 0) is 12.8 Å². The molecule has 1 aliphatic rings. The molecule has 0 aliphatic heterocycles. The minimum absolute atomic E-state index is 0.00644. The smallest absolute Gasteiger partial charge is 0.237 e.